The third-order valence-corrected chi connectivity index (χ3v) is 6.31. The average molecular weight is 426 g/mol. The zero-order valence-corrected chi connectivity index (χ0v) is 17.6. The Kier molecular flexibility index (Phi) is 6.27. The highest BCUT2D eigenvalue weighted by Gasteiger charge is 2.22. The Morgan fingerprint density at radius 2 is 1.63 bits per heavy atom. The molecule has 0 radical (unpaired) electrons. The van der Waals surface area contributed by atoms with Crippen LogP contribution in [-0.2, 0) is 10.0 Å². The quantitative estimate of drug-likeness (QED) is 0.621. The predicted molar refractivity (Wildman–Crippen MR) is 116 cm³/mol. The highest BCUT2D eigenvalue weighted by atomic mass is 32.2. The van der Waals surface area contributed by atoms with E-state index in [1.807, 2.05) is 6.07 Å². The molecule has 30 heavy (non-hydrogen) atoms. The molecule has 0 aliphatic heterocycles. The first-order valence-electron chi connectivity index (χ1n) is 9.04. The average Bonchev–Trinajstić information content (AvgIpc) is 2.79. The van der Waals surface area contributed by atoms with Crippen LogP contribution in [-0.4, -0.2) is 35.6 Å². The number of sulfonamides is 1. The normalized spacial score (nSPS) is 10.9. The van der Waals surface area contributed by atoms with E-state index in [-0.39, 0.29) is 10.5 Å². The Hall–Kier alpha value is -3.52. The maximum absolute atomic E-state index is 13.0. The van der Waals surface area contributed by atoms with E-state index in [1.54, 1.807) is 48.5 Å². The minimum Gasteiger partial charge on any atom is -0.497 e. The molecule has 0 fully saturated rings. The number of nitrogens with zero attached hydrogens (tertiary/aromatic N) is 1. The largest absolute Gasteiger partial charge is 0.497 e. The van der Waals surface area contributed by atoms with E-state index >= 15 is 0 Å². The van der Waals surface area contributed by atoms with Crippen LogP contribution in [0.5, 0.6) is 11.5 Å². The number of nitrogens with one attached hydrogen (secondary N) is 1. The lowest BCUT2D eigenvalue weighted by atomic mass is 10.2. The zero-order valence-electron chi connectivity index (χ0n) is 16.8. The SMILES string of the molecule is COc1ccc(OC)c(NC(=O)c2cccc(S(=O)(=O)N(C)c3ccccc3)c2)c1. The van der Waals surface area contributed by atoms with Crippen LogP contribution in [0.15, 0.2) is 77.7 Å². The van der Waals surface area contributed by atoms with Gasteiger partial charge in [-0.05, 0) is 42.5 Å². The Morgan fingerprint density at radius 3 is 2.30 bits per heavy atom. The predicted octanol–water partition coefficient (Wildman–Crippen LogP) is 3.78. The Morgan fingerprint density at radius 1 is 0.900 bits per heavy atom. The van der Waals surface area contributed by atoms with Crippen molar-refractivity contribution in [2.75, 3.05) is 30.9 Å². The van der Waals surface area contributed by atoms with Crippen LogP contribution in [0.4, 0.5) is 11.4 Å². The molecule has 0 aromatic heterocycles. The van der Waals surface area contributed by atoms with Gasteiger partial charge < -0.3 is 14.8 Å². The summed E-state index contributed by atoms with van der Waals surface area (Å²) in [6.07, 6.45) is 0. The van der Waals surface area contributed by atoms with Gasteiger partial charge in [-0.1, -0.05) is 24.3 Å². The standard InChI is InChI=1S/C22H22N2O5S/c1-24(17-9-5-4-6-10-17)30(26,27)19-11-7-8-16(14-19)22(25)23-20-15-18(28-2)12-13-21(20)29-3/h4-15H,1-3H3,(H,23,25). The first-order valence-corrected chi connectivity index (χ1v) is 10.5. The second-order valence-electron chi connectivity index (χ2n) is 6.36. The van der Waals surface area contributed by atoms with Crippen molar-refractivity contribution < 1.29 is 22.7 Å². The van der Waals surface area contributed by atoms with E-state index in [4.69, 9.17) is 9.47 Å². The van der Waals surface area contributed by atoms with Gasteiger partial charge in [-0.25, -0.2) is 8.42 Å². The molecule has 3 aromatic carbocycles. The molecule has 0 aliphatic rings. The van der Waals surface area contributed by atoms with E-state index < -0.39 is 15.9 Å². The highest BCUT2D eigenvalue weighted by Crippen LogP contribution is 2.29. The second-order valence-corrected chi connectivity index (χ2v) is 8.33. The fourth-order valence-corrected chi connectivity index (χ4v) is 4.08. The van der Waals surface area contributed by atoms with E-state index in [9.17, 15) is 13.2 Å². The number of hydrogen-bond donors (Lipinski definition) is 1. The van der Waals surface area contributed by atoms with Gasteiger partial charge in [-0.2, -0.15) is 0 Å². The molecule has 1 N–H and O–H groups in total. The van der Waals surface area contributed by atoms with Crippen LogP contribution < -0.4 is 19.1 Å². The number of hydrogen-bond acceptors (Lipinski definition) is 5. The Bertz CT molecular complexity index is 1150. The van der Waals surface area contributed by atoms with Crippen molar-refractivity contribution in [3.05, 3.63) is 78.4 Å². The first kappa shape index (κ1) is 21.2. The molecule has 8 heteroatoms. The van der Waals surface area contributed by atoms with Crippen LogP contribution >= 0.6 is 0 Å². The molecule has 1 amide bonds. The molecule has 0 saturated carbocycles. The van der Waals surface area contributed by atoms with E-state index in [0.717, 1.165) is 0 Å². The number of benzene rings is 3. The van der Waals surface area contributed by atoms with Gasteiger partial charge in [0.2, 0.25) is 0 Å². The molecule has 156 valence electrons. The van der Waals surface area contributed by atoms with Crippen molar-refractivity contribution in [1.29, 1.82) is 0 Å². The molecule has 7 nitrogen and oxygen atoms in total. The van der Waals surface area contributed by atoms with Crippen LogP contribution in [0.3, 0.4) is 0 Å². The van der Waals surface area contributed by atoms with Crippen LogP contribution in [0.1, 0.15) is 10.4 Å². The number of para-hydroxylation sites is 1. The molecule has 3 aromatic rings. The minimum atomic E-state index is -3.84. The maximum atomic E-state index is 13.0. The molecule has 0 heterocycles. The third-order valence-electron chi connectivity index (χ3n) is 4.53. The van der Waals surface area contributed by atoms with Gasteiger partial charge in [0.1, 0.15) is 11.5 Å². The first-order chi connectivity index (χ1) is 14.4. The summed E-state index contributed by atoms with van der Waals surface area (Å²) >= 11 is 0. The fraction of sp³-hybridized carbons (Fsp3) is 0.136. The monoisotopic (exact) mass is 426 g/mol. The second kappa shape index (κ2) is 8.87. The number of rotatable bonds is 7. The molecular weight excluding hydrogens is 404 g/mol. The summed E-state index contributed by atoms with van der Waals surface area (Å²) in [4.78, 5) is 12.8. The van der Waals surface area contributed by atoms with E-state index in [1.165, 1.54) is 43.8 Å². The van der Waals surface area contributed by atoms with Gasteiger partial charge in [0.25, 0.3) is 15.9 Å². The summed E-state index contributed by atoms with van der Waals surface area (Å²) in [6, 6.07) is 19.6. The molecule has 0 spiro atoms. The number of amides is 1. The summed E-state index contributed by atoms with van der Waals surface area (Å²) in [6.45, 7) is 0. The molecule has 0 saturated heterocycles. The smallest absolute Gasteiger partial charge is 0.264 e. The van der Waals surface area contributed by atoms with Crippen molar-refractivity contribution in [2.24, 2.45) is 0 Å². The van der Waals surface area contributed by atoms with E-state index in [2.05, 4.69) is 5.32 Å². The third kappa shape index (κ3) is 4.38. The van der Waals surface area contributed by atoms with Gasteiger partial charge in [0.15, 0.2) is 0 Å². The van der Waals surface area contributed by atoms with Gasteiger partial charge in [0.05, 0.1) is 30.5 Å². The van der Waals surface area contributed by atoms with Crippen molar-refractivity contribution >= 4 is 27.3 Å². The summed E-state index contributed by atoms with van der Waals surface area (Å²) in [5.74, 6) is 0.532. The zero-order chi connectivity index (χ0) is 21.7. The van der Waals surface area contributed by atoms with Crippen molar-refractivity contribution in [3.8, 4) is 11.5 Å². The van der Waals surface area contributed by atoms with Gasteiger partial charge in [0, 0.05) is 18.7 Å². The van der Waals surface area contributed by atoms with Gasteiger partial charge in [-0.3, -0.25) is 9.10 Å². The van der Waals surface area contributed by atoms with Crippen molar-refractivity contribution in [1.82, 2.24) is 0 Å². The Balaban J connectivity index is 1.89. The molecule has 0 atom stereocenters. The Labute approximate surface area is 175 Å². The minimum absolute atomic E-state index is 0.0131. The maximum Gasteiger partial charge on any atom is 0.264 e. The molecule has 0 aliphatic carbocycles. The molecular formula is C22H22N2O5S. The topological polar surface area (TPSA) is 84.9 Å². The lowest BCUT2D eigenvalue weighted by Gasteiger charge is -2.19. The van der Waals surface area contributed by atoms with E-state index in [0.29, 0.717) is 22.9 Å². The van der Waals surface area contributed by atoms with Crippen LogP contribution in [0.2, 0.25) is 0 Å². The summed E-state index contributed by atoms with van der Waals surface area (Å²) in [5, 5.41) is 2.74. The molecule has 3 rings (SSSR count). The van der Waals surface area contributed by atoms with Gasteiger partial charge >= 0.3 is 0 Å². The lowest BCUT2D eigenvalue weighted by molar-refractivity contribution is 0.102. The van der Waals surface area contributed by atoms with Crippen LogP contribution in [0.25, 0.3) is 0 Å². The fourth-order valence-electron chi connectivity index (χ4n) is 2.84. The highest BCUT2D eigenvalue weighted by molar-refractivity contribution is 7.92. The summed E-state index contributed by atoms with van der Waals surface area (Å²) < 4.78 is 37.6. The van der Waals surface area contributed by atoms with Crippen LogP contribution in [0, 0.1) is 0 Å². The molecule has 0 bridgehead atoms. The number of carbonyl (C=O) groups is 1. The number of anilines is 2. The molecule has 0 unspecified atom stereocenters. The summed E-state index contributed by atoms with van der Waals surface area (Å²) in [7, 11) is 0.644. The number of ether oxygens (including phenoxy) is 2. The lowest BCUT2D eigenvalue weighted by Crippen LogP contribution is -2.26. The number of carbonyl (C=O) groups excluding carboxylic acids is 1. The van der Waals surface area contributed by atoms with Gasteiger partial charge in [-0.15, -0.1) is 0 Å². The van der Waals surface area contributed by atoms with Crippen molar-refractivity contribution in [2.45, 2.75) is 4.90 Å². The summed E-state index contributed by atoms with van der Waals surface area (Å²) in [5.41, 5.74) is 1.13. The number of methoxy groups -OCH3 is 2. The van der Waals surface area contributed by atoms with Crippen molar-refractivity contribution in [3.63, 3.8) is 0 Å².